The first kappa shape index (κ1) is 13.0. The molecule has 0 saturated carbocycles. The Morgan fingerprint density at radius 2 is 2.14 bits per heavy atom. The van der Waals surface area contributed by atoms with Crippen molar-refractivity contribution in [2.45, 2.75) is 6.04 Å². The zero-order valence-corrected chi connectivity index (χ0v) is 10.8. The second-order valence-electron chi connectivity index (χ2n) is 4.25. The summed E-state index contributed by atoms with van der Waals surface area (Å²) in [4.78, 5) is 35.1. The lowest BCUT2D eigenvalue weighted by molar-refractivity contribution is -0.121. The van der Waals surface area contributed by atoms with Crippen LogP contribution >= 0.6 is 0 Å². The summed E-state index contributed by atoms with van der Waals surface area (Å²) in [6.07, 6.45) is 1.27. The smallest absolute Gasteiger partial charge is 0.264 e. The van der Waals surface area contributed by atoms with Gasteiger partial charge in [0.05, 0.1) is 0 Å². The Morgan fingerprint density at radius 1 is 1.33 bits per heavy atom. The number of hydrogen-bond acceptors (Lipinski definition) is 6. The van der Waals surface area contributed by atoms with Gasteiger partial charge in [-0.15, -0.1) is 0 Å². The highest BCUT2D eigenvalue weighted by Gasteiger charge is 2.32. The summed E-state index contributed by atoms with van der Waals surface area (Å²) in [5.41, 5.74) is 0. The lowest BCUT2D eigenvalue weighted by Crippen LogP contribution is -2.53. The SMILES string of the molecule is O=C(COc1ccccc1)NC1=NC2=NC=NC2C(=O)N1. The summed E-state index contributed by atoms with van der Waals surface area (Å²) in [5, 5.41) is 4.90. The molecule has 3 rings (SSSR count). The molecule has 0 bridgehead atoms. The Balaban J connectivity index is 1.57. The van der Waals surface area contributed by atoms with Gasteiger partial charge in [-0.3, -0.25) is 25.2 Å². The number of para-hydroxylation sites is 1. The van der Waals surface area contributed by atoms with Crippen molar-refractivity contribution in [2.24, 2.45) is 15.0 Å². The highest BCUT2D eigenvalue weighted by Crippen LogP contribution is 2.08. The van der Waals surface area contributed by atoms with Crippen LogP contribution in [-0.4, -0.2) is 42.6 Å². The Hall–Kier alpha value is -3.03. The van der Waals surface area contributed by atoms with E-state index in [1.807, 2.05) is 6.07 Å². The van der Waals surface area contributed by atoms with Gasteiger partial charge in [-0.05, 0) is 12.1 Å². The van der Waals surface area contributed by atoms with E-state index >= 15 is 0 Å². The molecule has 0 saturated heterocycles. The van der Waals surface area contributed by atoms with Crippen molar-refractivity contribution in [3.05, 3.63) is 30.3 Å². The molecule has 0 aromatic heterocycles. The number of amides is 2. The predicted octanol–water partition coefficient (Wildman–Crippen LogP) is -0.524. The largest absolute Gasteiger partial charge is 0.484 e. The van der Waals surface area contributed by atoms with E-state index in [9.17, 15) is 9.59 Å². The second-order valence-corrected chi connectivity index (χ2v) is 4.25. The molecule has 1 atom stereocenters. The van der Waals surface area contributed by atoms with Gasteiger partial charge in [0.15, 0.2) is 18.5 Å². The third-order valence-corrected chi connectivity index (χ3v) is 2.74. The molecule has 0 fully saturated rings. The highest BCUT2D eigenvalue weighted by molar-refractivity contribution is 6.24. The van der Waals surface area contributed by atoms with Crippen LogP contribution in [-0.2, 0) is 9.59 Å². The first-order valence-corrected chi connectivity index (χ1v) is 6.19. The number of hydrogen-bond donors (Lipinski definition) is 2. The predicted molar refractivity (Wildman–Crippen MR) is 75.4 cm³/mol. The fourth-order valence-electron chi connectivity index (χ4n) is 1.79. The molecule has 1 aromatic rings. The van der Waals surface area contributed by atoms with E-state index < -0.39 is 11.9 Å². The monoisotopic (exact) mass is 285 g/mol. The van der Waals surface area contributed by atoms with Crippen molar-refractivity contribution in [3.8, 4) is 5.75 Å². The van der Waals surface area contributed by atoms with E-state index in [2.05, 4.69) is 25.6 Å². The van der Waals surface area contributed by atoms with Gasteiger partial charge >= 0.3 is 0 Å². The zero-order chi connectivity index (χ0) is 14.7. The Kier molecular flexibility index (Phi) is 3.42. The molecule has 8 heteroatoms. The van der Waals surface area contributed by atoms with Crippen LogP contribution in [0, 0.1) is 0 Å². The number of aliphatic imine (C=N–C) groups is 3. The fraction of sp³-hybridized carbons (Fsp3) is 0.154. The van der Waals surface area contributed by atoms with Gasteiger partial charge in [0.1, 0.15) is 12.1 Å². The standard InChI is InChI=1S/C13H11N5O3/c19-9(6-21-8-4-2-1-3-5-8)16-13-17-11-10(12(20)18-13)14-7-15-11/h1-5,7,10H,6H2,(H2,14,15,16,17,18,19,20). The number of benzene rings is 1. The number of nitrogens with zero attached hydrogens (tertiary/aromatic N) is 3. The van der Waals surface area contributed by atoms with Gasteiger partial charge in [-0.1, -0.05) is 18.2 Å². The van der Waals surface area contributed by atoms with Crippen molar-refractivity contribution in [2.75, 3.05) is 6.61 Å². The molecule has 106 valence electrons. The van der Waals surface area contributed by atoms with Crippen LogP contribution in [0.1, 0.15) is 0 Å². The molecule has 21 heavy (non-hydrogen) atoms. The molecule has 2 aliphatic heterocycles. The van der Waals surface area contributed by atoms with Crippen molar-refractivity contribution in [1.82, 2.24) is 10.6 Å². The number of ether oxygens (including phenoxy) is 1. The molecular weight excluding hydrogens is 274 g/mol. The number of rotatable bonds is 3. The van der Waals surface area contributed by atoms with Crippen molar-refractivity contribution >= 4 is 29.9 Å². The van der Waals surface area contributed by atoms with E-state index in [-0.39, 0.29) is 24.3 Å². The van der Waals surface area contributed by atoms with Crippen LogP contribution in [0.15, 0.2) is 45.3 Å². The molecule has 1 aromatic carbocycles. The quantitative estimate of drug-likeness (QED) is 0.780. The highest BCUT2D eigenvalue weighted by atomic mass is 16.5. The maximum Gasteiger partial charge on any atom is 0.264 e. The van der Waals surface area contributed by atoms with E-state index in [1.54, 1.807) is 24.3 Å². The van der Waals surface area contributed by atoms with Gasteiger partial charge in [0.25, 0.3) is 11.8 Å². The molecule has 8 nitrogen and oxygen atoms in total. The third kappa shape index (κ3) is 2.94. The van der Waals surface area contributed by atoms with Crippen LogP contribution in [0.25, 0.3) is 0 Å². The number of amidine groups is 1. The van der Waals surface area contributed by atoms with Gasteiger partial charge in [-0.25, -0.2) is 4.99 Å². The van der Waals surface area contributed by atoms with E-state index in [0.29, 0.717) is 5.75 Å². The molecule has 2 N–H and O–H groups in total. The molecular formula is C13H11N5O3. The average molecular weight is 285 g/mol. The third-order valence-electron chi connectivity index (χ3n) is 2.74. The summed E-state index contributed by atoms with van der Waals surface area (Å²) in [5.74, 6) is 0.0590. The molecule has 0 spiro atoms. The second kappa shape index (κ2) is 5.53. The summed E-state index contributed by atoms with van der Waals surface area (Å²) in [6.45, 7) is -0.189. The van der Waals surface area contributed by atoms with E-state index in [1.165, 1.54) is 6.34 Å². The maximum absolute atomic E-state index is 11.7. The molecule has 2 heterocycles. The minimum Gasteiger partial charge on any atom is -0.484 e. The average Bonchev–Trinajstić information content (AvgIpc) is 2.95. The Labute approximate surface area is 119 Å². The van der Waals surface area contributed by atoms with Gasteiger partial charge in [-0.2, -0.15) is 4.99 Å². The number of fused-ring (bicyclic) bond motifs is 1. The molecule has 1 unspecified atom stereocenters. The van der Waals surface area contributed by atoms with Gasteiger partial charge in [0, 0.05) is 0 Å². The van der Waals surface area contributed by atoms with Crippen LogP contribution in [0.3, 0.4) is 0 Å². The van der Waals surface area contributed by atoms with Crippen LogP contribution in [0.2, 0.25) is 0 Å². The molecule has 0 aliphatic carbocycles. The van der Waals surface area contributed by atoms with Crippen molar-refractivity contribution in [1.29, 1.82) is 0 Å². The topological polar surface area (TPSA) is 105 Å². The molecule has 2 aliphatic rings. The van der Waals surface area contributed by atoms with E-state index in [4.69, 9.17) is 4.74 Å². The lowest BCUT2D eigenvalue weighted by Gasteiger charge is -2.17. The number of guanidine groups is 1. The zero-order valence-electron chi connectivity index (χ0n) is 10.8. The lowest BCUT2D eigenvalue weighted by atomic mass is 10.2. The molecule has 0 radical (unpaired) electrons. The Bertz CT molecular complexity index is 666. The minimum absolute atomic E-state index is 0.0298. The van der Waals surface area contributed by atoms with Crippen LogP contribution < -0.4 is 15.4 Å². The fourth-order valence-corrected chi connectivity index (χ4v) is 1.79. The van der Waals surface area contributed by atoms with Crippen molar-refractivity contribution in [3.63, 3.8) is 0 Å². The first-order valence-electron chi connectivity index (χ1n) is 6.19. The normalized spacial score (nSPS) is 19.2. The van der Waals surface area contributed by atoms with Crippen LogP contribution in [0.5, 0.6) is 5.75 Å². The number of carbonyl (C=O) groups is 2. The maximum atomic E-state index is 11.7. The van der Waals surface area contributed by atoms with Crippen molar-refractivity contribution < 1.29 is 14.3 Å². The van der Waals surface area contributed by atoms with E-state index in [0.717, 1.165) is 0 Å². The molecule has 2 amide bonds. The van der Waals surface area contributed by atoms with Gasteiger partial charge < -0.3 is 4.74 Å². The van der Waals surface area contributed by atoms with Gasteiger partial charge in [0.2, 0.25) is 5.96 Å². The Morgan fingerprint density at radius 3 is 2.95 bits per heavy atom. The minimum atomic E-state index is -0.716. The summed E-state index contributed by atoms with van der Waals surface area (Å²) in [7, 11) is 0. The summed E-state index contributed by atoms with van der Waals surface area (Å²) in [6, 6.07) is 8.21. The first-order chi connectivity index (χ1) is 10.2. The van der Waals surface area contributed by atoms with Crippen LogP contribution in [0.4, 0.5) is 0 Å². The number of nitrogens with one attached hydrogen (secondary N) is 2. The summed E-state index contributed by atoms with van der Waals surface area (Å²) < 4.78 is 5.29. The number of carbonyl (C=O) groups excluding carboxylic acids is 2. The summed E-state index contributed by atoms with van der Waals surface area (Å²) >= 11 is 0.